The van der Waals surface area contributed by atoms with Crippen molar-refractivity contribution in [2.45, 2.75) is 12.8 Å². The van der Waals surface area contributed by atoms with Crippen molar-refractivity contribution in [1.82, 2.24) is 4.90 Å². The molecule has 1 aliphatic rings. The second kappa shape index (κ2) is 4.91. The molecule has 0 aliphatic carbocycles. The monoisotopic (exact) mass is 245 g/mol. The zero-order chi connectivity index (χ0) is 13.1. The third kappa shape index (κ3) is 2.07. The normalized spacial score (nSPS) is 13.7. The highest BCUT2D eigenvalue weighted by molar-refractivity contribution is 6.22. The molecule has 5 heteroatoms. The molecule has 92 valence electrons. The molecule has 0 spiro atoms. The van der Waals surface area contributed by atoms with E-state index in [1.54, 1.807) is 24.3 Å². The molecule has 1 aromatic carbocycles. The summed E-state index contributed by atoms with van der Waals surface area (Å²) < 4.78 is 0. The van der Waals surface area contributed by atoms with E-state index in [0.717, 1.165) is 4.90 Å². The van der Waals surface area contributed by atoms with E-state index in [1.165, 1.54) is 0 Å². The first-order valence-corrected chi connectivity index (χ1v) is 5.55. The molecule has 18 heavy (non-hydrogen) atoms. The van der Waals surface area contributed by atoms with Gasteiger partial charge in [-0.2, -0.15) is 0 Å². The fraction of sp³-hybridized carbons (Fsp3) is 0.231. The topological polar surface area (TPSA) is 71.5 Å². The summed E-state index contributed by atoms with van der Waals surface area (Å²) in [7, 11) is 0. The van der Waals surface area contributed by atoms with E-state index in [2.05, 4.69) is 0 Å². The van der Waals surface area contributed by atoms with Gasteiger partial charge in [0.2, 0.25) is 0 Å². The van der Waals surface area contributed by atoms with Gasteiger partial charge in [0.05, 0.1) is 17.7 Å². The van der Waals surface area contributed by atoms with Crippen molar-refractivity contribution >= 4 is 23.9 Å². The maximum atomic E-state index is 11.9. The average Bonchev–Trinajstić information content (AvgIpc) is 2.62. The predicted molar refractivity (Wildman–Crippen MR) is 62.1 cm³/mol. The maximum absolute atomic E-state index is 11.9. The van der Waals surface area contributed by atoms with Crippen LogP contribution in [0.3, 0.4) is 0 Å². The highest BCUT2D eigenvalue weighted by Gasteiger charge is 2.35. The third-order valence-corrected chi connectivity index (χ3v) is 2.75. The molecular weight excluding hydrogens is 234 g/mol. The van der Waals surface area contributed by atoms with Crippen molar-refractivity contribution in [3.63, 3.8) is 0 Å². The van der Waals surface area contributed by atoms with Crippen LogP contribution in [0.25, 0.3) is 0 Å². The smallest absolute Gasteiger partial charge is 0.261 e. The number of imide groups is 1. The van der Waals surface area contributed by atoms with Crippen molar-refractivity contribution in [2.24, 2.45) is 0 Å². The lowest BCUT2D eigenvalue weighted by Crippen LogP contribution is -2.34. The molecule has 0 unspecified atom stereocenters. The minimum Gasteiger partial charge on any atom is -0.303 e. The van der Waals surface area contributed by atoms with Crippen molar-refractivity contribution in [3.05, 3.63) is 35.4 Å². The molecule has 0 saturated heterocycles. The van der Waals surface area contributed by atoms with Crippen LogP contribution in [0.2, 0.25) is 0 Å². The van der Waals surface area contributed by atoms with Crippen LogP contribution in [-0.4, -0.2) is 35.3 Å². The Morgan fingerprint density at radius 3 is 2.17 bits per heavy atom. The number of ketones is 1. The van der Waals surface area contributed by atoms with Crippen molar-refractivity contribution in [1.29, 1.82) is 0 Å². The maximum Gasteiger partial charge on any atom is 0.261 e. The zero-order valence-electron chi connectivity index (χ0n) is 9.59. The molecule has 1 heterocycles. The van der Waals surface area contributed by atoms with Crippen LogP contribution in [0.1, 0.15) is 33.6 Å². The first-order valence-electron chi connectivity index (χ1n) is 5.55. The fourth-order valence-electron chi connectivity index (χ4n) is 1.86. The number of carbonyl (C=O) groups excluding carboxylic acids is 4. The van der Waals surface area contributed by atoms with Crippen molar-refractivity contribution < 1.29 is 19.2 Å². The Morgan fingerprint density at radius 2 is 1.67 bits per heavy atom. The zero-order valence-corrected chi connectivity index (χ0v) is 9.59. The molecule has 2 rings (SSSR count). The lowest BCUT2D eigenvalue weighted by molar-refractivity contribution is -0.121. The van der Waals surface area contributed by atoms with Gasteiger partial charge < -0.3 is 4.79 Å². The van der Waals surface area contributed by atoms with Gasteiger partial charge >= 0.3 is 0 Å². The summed E-state index contributed by atoms with van der Waals surface area (Å²) in [6, 6.07) is 6.46. The summed E-state index contributed by atoms with van der Waals surface area (Å²) in [5, 5.41) is 0. The van der Waals surface area contributed by atoms with E-state index >= 15 is 0 Å². The van der Waals surface area contributed by atoms with E-state index in [9.17, 15) is 19.2 Å². The SMILES string of the molecule is O=CCCC(=O)CN1C(=O)c2ccccc2C1=O. The Kier molecular flexibility index (Phi) is 3.32. The highest BCUT2D eigenvalue weighted by Crippen LogP contribution is 2.22. The van der Waals surface area contributed by atoms with Gasteiger partial charge in [0.1, 0.15) is 6.29 Å². The van der Waals surface area contributed by atoms with E-state index in [4.69, 9.17) is 0 Å². The quantitative estimate of drug-likeness (QED) is 0.569. The van der Waals surface area contributed by atoms with Crippen LogP contribution in [0, 0.1) is 0 Å². The Labute approximate surface area is 103 Å². The summed E-state index contributed by atoms with van der Waals surface area (Å²) in [4.78, 5) is 46.4. The van der Waals surface area contributed by atoms with E-state index in [1.807, 2.05) is 0 Å². The number of carbonyl (C=O) groups is 4. The molecule has 0 N–H and O–H groups in total. The highest BCUT2D eigenvalue weighted by atomic mass is 16.2. The van der Waals surface area contributed by atoms with Gasteiger partial charge in [-0.05, 0) is 12.1 Å². The molecule has 5 nitrogen and oxygen atoms in total. The Morgan fingerprint density at radius 1 is 1.11 bits per heavy atom. The van der Waals surface area contributed by atoms with Gasteiger partial charge in [-0.3, -0.25) is 19.3 Å². The average molecular weight is 245 g/mol. The number of Topliss-reactive ketones (excluding diaryl/α,β-unsaturated/α-hetero) is 1. The van der Waals surface area contributed by atoms with E-state index in [-0.39, 0.29) is 25.2 Å². The standard InChI is InChI=1S/C13H11NO4/c15-7-3-4-9(16)8-14-12(17)10-5-1-2-6-11(10)13(14)18/h1-2,5-7H,3-4,8H2. The Hall–Kier alpha value is -2.30. The number of aldehydes is 1. The van der Waals surface area contributed by atoms with Crippen LogP contribution in [0.15, 0.2) is 24.3 Å². The van der Waals surface area contributed by atoms with Gasteiger partial charge in [0, 0.05) is 12.8 Å². The second-order valence-corrected chi connectivity index (χ2v) is 3.99. The molecule has 0 aromatic heterocycles. The first kappa shape index (κ1) is 12.2. The van der Waals surface area contributed by atoms with Gasteiger partial charge in [-0.1, -0.05) is 12.1 Å². The van der Waals surface area contributed by atoms with Gasteiger partial charge in [0.15, 0.2) is 5.78 Å². The summed E-state index contributed by atoms with van der Waals surface area (Å²) in [6.45, 7) is -0.264. The van der Waals surface area contributed by atoms with Crippen LogP contribution < -0.4 is 0 Å². The van der Waals surface area contributed by atoms with E-state index in [0.29, 0.717) is 17.4 Å². The molecule has 0 bridgehead atoms. The number of nitrogens with zero attached hydrogens (tertiary/aromatic N) is 1. The molecule has 0 fully saturated rings. The summed E-state index contributed by atoms with van der Waals surface area (Å²) in [5.74, 6) is -1.19. The van der Waals surface area contributed by atoms with E-state index < -0.39 is 11.8 Å². The molecule has 0 atom stereocenters. The predicted octanol–water partition coefficient (Wildman–Crippen LogP) is 0.831. The lowest BCUT2D eigenvalue weighted by atomic mass is 10.1. The fourth-order valence-corrected chi connectivity index (χ4v) is 1.86. The van der Waals surface area contributed by atoms with Crippen LogP contribution >= 0.6 is 0 Å². The molecule has 1 aliphatic heterocycles. The number of benzene rings is 1. The molecule has 0 saturated carbocycles. The number of amides is 2. The molecule has 2 amide bonds. The van der Waals surface area contributed by atoms with Crippen molar-refractivity contribution in [2.75, 3.05) is 6.54 Å². The lowest BCUT2D eigenvalue weighted by Gasteiger charge is -2.11. The molecular formula is C13H11NO4. The third-order valence-electron chi connectivity index (χ3n) is 2.75. The number of hydrogen-bond acceptors (Lipinski definition) is 4. The number of rotatable bonds is 5. The summed E-state index contributed by atoms with van der Waals surface area (Å²) in [6.07, 6.45) is 0.805. The largest absolute Gasteiger partial charge is 0.303 e. The van der Waals surface area contributed by atoms with Crippen LogP contribution in [0.4, 0.5) is 0 Å². The van der Waals surface area contributed by atoms with Gasteiger partial charge in [0.25, 0.3) is 11.8 Å². The number of fused-ring (bicyclic) bond motifs is 1. The summed E-state index contributed by atoms with van der Waals surface area (Å²) >= 11 is 0. The minimum absolute atomic E-state index is 0.0525. The van der Waals surface area contributed by atoms with Crippen LogP contribution in [-0.2, 0) is 9.59 Å². The first-order chi connectivity index (χ1) is 8.65. The van der Waals surface area contributed by atoms with Crippen LogP contribution in [0.5, 0.6) is 0 Å². The summed E-state index contributed by atoms with van der Waals surface area (Å²) in [5.41, 5.74) is 0.649. The Balaban J connectivity index is 2.14. The van der Waals surface area contributed by atoms with Gasteiger partial charge in [-0.25, -0.2) is 0 Å². The van der Waals surface area contributed by atoms with Gasteiger partial charge in [-0.15, -0.1) is 0 Å². The minimum atomic E-state index is -0.449. The molecule has 0 radical (unpaired) electrons. The number of hydrogen-bond donors (Lipinski definition) is 0. The molecule has 1 aromatic rings. The Bertz CT molecular complexity index is 501. The van der Waals surface area contributed by atoms with Crippen molar-refractivity contribution in [3.8, 4) is 0 Å². The second-order valence-electron chi connectivity index (χ2n) is 3.99.